The SMILES string of the molecule is COc1cc(OC)c(C(=O)C2CC2)cc1Br. The molecule has 0 radical (unpaired) electrons. The number of ketones is 1. The summed E-state index contributed by atoms with van der Waals surface area (Å²) in [6.07, 6.45) is 1.98. The largest absolute Gasteiger partial charge is 0.496 e. The molecular formula is C12H13BrO3. The van der Waals surface area contributed by atoms with Crippen LogP contribution < -0.4 is 9.47 Å². The summed E-state index contributed by atoms with van der Waals surface area (Å²) in [6, 6.07) is 3.51. The third-order valence-corrected chi connectivity index (χ3v) is 3.31. The van der Waals surface area contributed by atoms with Crippen LogP contribution in [0.5, 0.6) is 11.5 Å². The van der Waals surface area contributed by atoms with Crippen molar-refractivity contribution in [1.82, 2.24) is 0 Å². The van der Waals surface area contributed by atoms with E-state index in [2.05, 4.69) is 15.9 Å². The molecule has 86 valence electrons. The zero-order chi connectivity index (χ0) is 11.7. The van der Waals surface area contributed by atoms with E-state index in [0.29, 0.717) is 17.1 Å². The van der Waals surface area contributed by atoms with Crippen molar-refractivity contribution in [1.29, 1.82) is 0 Å². The van der Waals surface area contributed by atoms with Gasteiger partial charge in [-0.3, -0.25) is 4.79 Å². The van der Waals surface area contributed by atoms with Gasteiger partial charge in [0.05, 0.1) is 24.3 Å². The van der Waals surface area contributed by atoms with Crippen LogP contribution in [-0.4, -0.2) is 20.0 Å². The van der Waals surface area contributed by atoms with E-state index in [1.807, 2.05) is 0 Å². The molecule has 3 nitrogen and oxygen atoms in total. The van der Waals surface area contributed by atoms with E-state index in [-0.39, 0.29) is 11.7 Å². The summed E-state index contributed by atoms with van der Waals surface area (Å²) in [5.41, 5.74) is 0.637. The smallest absolute Gasteiger partial charge is 0.169 e. The highest BCUT2D eigenvalue weighted by molar-refractivity contribution is 9.10. The van der Waals surface area contributed by atoms with Crippen LogP contribution in [0.25, 0.3) is 0 Å². The molecule has 1 aromatic rings. The van der Waals surface area contributed by atoms with Gasteiger partial charge in [0.15, 0.2) is 5.78 Å². The van der Waals surface area contributed by atoms with Gasteiger partial charge in [0.2, 0.25) is 0 Å². The van der Waals surface area contributed by atoms with Crippen LogP contribution in [0.15, 0.2) is 16.6 Å². The highest BCUT2D eigenvalue weighted by Gasteiger charge is 2.32. The van der Waals surface area contributed by atoms with Crippen LogP contribution in [0.2, 0.25) is 0 Å². The maximum absolute atomic E-state index is 12.0. The maximum Gasteiger partial charge on any atom is 0.169 e. The molecule has 0 heterocycles. The normalized spacial score (nSPS) is 14.7. The van der Waals surface area contributed by atoms with Crippen molar-refractivity contribution in [3.05, 3.63) is 22.2 Å². The molecule has 1 aromatic carbocycles. The van der Waals surface area contributed by atoms with Crippen molar-refractivity contribution in [3.63, 3.8) is 0 Å². The number of carbonyl (C=O) groups excluding carboxylic acids is 1. The van der Waals surface area contributed by atoms with Crippen molar-refractivity contribution in [2.24, 2.45) is 5.92 Å². The fourth-order valence-electron chi connectivity index (χ4n) is 1.62. The lowest BCUT2D eigenvalue weighted by Gasteiger charge is -2.11. The molecule has 0 N–H and O–H groups in total. The number of ether oxygens (including phenoxy) is 2. The number of methoxy groups -OCH3 is 2. The first-order chi connectivity index (χ1) is 7.67. The molecule has 0 aromatic heterocycles. The maximum atomic E-state index is 12.0. The predicted octanol–water partition coefficient (Wildman–Crippen LogP) is 3.06. The van der Waals surface area contributed by atoms with Gasteiger partial charge in [0, 0.05) is 12.0 Å². The lowest BCUT2D eigenvalue weighted by atomic mass is 10.1. The molecule has 0 saturated heterocycles. The lowest BCUT2D eigenvalue weighted by molar-refractivity contribution is 0.0964. The molecule has 2 rings (SSSR count). The van der Waals surface area contributed by atoms with Gasteiger partial charge in [-0.1, -0.05) is 0 Å². The van der Waals surface area contributed by atoms with Crippen molar-refractivity contribution >= 4 is 21.7 Å². The summed E-state index contributed by atoms with van der Waals surface area (Å²) < 4.78 is 11.2. The molecule has 0 spiro atoms. The summed E-state index contributed by atoms with van der Waals surface area (Å²) in [4.78, 5) is 12.0. The van der Waals surface area contributed by atoms with Gasteiger partial charge in [-0.15, -0.1) is 0 Å². The second-order valence-electron chi connectivity index (χ2n) is 3.83. The molecule has 1 fully saturated rings. The van der Waals surface area contributed by atoms with E-state index in [1.54, 1.807) is 26.4 Å². The number of hydrogen-bond acceptors (Lipinski definition) is 3. The fourth-order valence-corrected chi connectivity index (χ4v) is 2.12. The van der Waals surface area contributed by atoms with Crippen LogP contribution in [-0.2, 0) is 0 Å². The Morgan fingerprint density at radius 3 is 2.38 bits per heavy atom. The van der Waals surface area contributed by atoms with Crippen LogP contribution in [0.1, 0.15) is 23.2 Å². The third-order valence-electron chi connectivity index (χ3n) is 2.69. The number of hydrogen-bond donors (Lipinski definition) is 0. The topological polar surface area (TPSA) is 35.5 Å². The van der Waals surface area contributed by atoms with E-state index in [1.165, 1.54) is 0 Å². The number of rotatable bonds is 4. The first-order valence-corrected chi connectivity index (χ1v) is 5.92. The second-order valence-corrected chi connectivity index (χ2v) is 4.68. The zero-order valence-electron chi connectivity index (χ0n) is 9.25. The van der Waals surface area contributed by atoms with Crippen LogP contribution >= 0.6 is 15.9 Å². The Labute approximate surface area is 103 Å². The number of halogens is 1. The van der Waals surface area contributed by atoms with E-state index in [9.17, 15) is 4.79 Å². The lowest BCUT2D eigenvalue weighted by Crippen LogP contribution is -2.04. The Bertz CT molecular complexity index is 425. The van der Waals surface area contributed by atoms with Crippen LogP contribution in [0, 0.1) is 5.92 Å². The van der Waals surface area contributed by atoms with Gasteiger partial charge in [-0.05, 0) is 34.8 Å². The third kappa shape index (κ3) is 2.07. The van der Waals surface area contributed by atoms with Crippen LogP contribution in [0.3, 0.4) is 0 Å². The predicted molar refractivity (Wildman–Crippen MR) is 64.3 cm³/mol. The minimum atomic E-state index is 0.167. The second kappa shape index (κ2) is 4.45. The molecular weight excluding hydrogens is 272 g/mol. The van der Waals surface area contributed by atoms with E-state index < -0.39 is 0 Å². The average Bonchev–Trinajstić information content (AvgIpc) is 3.11. The first-order valence-electron chi connectivity index (χ1n) is 5.13. The number of benzene rings is 1. The van der Waals surface area contributed by atoms with Gasteiger partial charge >= 0.3 is 0 Å². The summed E-state index contributed by atoms with van der Waals surface area (Å²) in [7, 11) is 3.15. The molecule has 4 heteroatoms. The van der Waals surface area contributed by atoms with Crippen LogP contribution in [0.4, 0.5) is 0 Å². The Hall–Kier alpha value is -1.03. The molecule has 1 saturated carbocycles. The molecule has 0 amide bonds. The first kappa shape index (κ1) is 11.5. The monoisotopic (exact) mass is 284 g/mol. The Balaban J connectivity index is 2.42. The zero-order valence-corrected chi connectivity index (χ0v) is 10.8. The summed E-state index contributed by atoms with van der Waals surface area (Å²) in [6.45, 7) is 0. The number of Topliss-reactive ketones (excluding diaryl/α,β-unsaturated/α-hetero) is 1. The fraction of sp³-hybridized carbons (Fsp3) is 0.417. The van der Waals surface area contributed by atoms with Gasteiger partial charge in [-0.2, -0.15) is 0 Å². The Morgan fingerprint density at radius 1 is 1.25 bits per heavy atom. The minimum absolute atomic E-state index is 0.167. The quantitative estimate of drug-likeness (QED) is 0.798. The van der Waals surface area contributed by atoms with Crippen molar-refractivity contribution < 1.29 is 14.3 Å². The van der Waals surface area contributed by atoms with Gasteiger partial charge in [0.25, 0.3) is 0 Å². The molecule has 0 bridgehead atoms. The highest BCUT2D eigenvalue weighted by atomic mass is 79.9. The Morgan fingerprint density at radius 2 is 1.88 bits per heavy atom. The molecule has 1 aliphatic rings. The standard InChI is InChI=1S/C12H13BrO3/c1-15-10-6-11(16-2)9(13)5-8(10)12(14)7-3-4-7/h5-7H,3-4H2,1-2H3. The Kier molecular flexibility index (Phi) is 3.19. The molecule has 0 atom stereocenters. The van der Waals surface area contributed by atoms with Crippen molar-refractivity contribution in [3.8, 4) is 11.5 Å². The number of carbonyl (C=O) groups is 1. The van der Waals surface area contributed by atoms with E-state index >= 15 is 0 Å². The molecule has 0 unspecified atom stereocenters. The summed E-state index contributed by atoms with van der Waals surface area (Å²) >= 11 is 3.38. The summed E-state index contributed by atoms with van der Waals surface area (Å²) in [5.74, 6) is 1.61. The van der Waals surface area contributed by atoms with Gasteiger partial charge in [-0.25, -0.2) is 0 Å². The molecule has 0 aliphatic heterocycles. The molecule has 16 heavy (non-hydrogen) atoms. The summed E-state index contributed by atoms with van der Waals surface area (Å²) in [5, 5.41) is 0. The highest BCUT2D eigenvalue weighted by Crippen LogP contribution is 2.39. The van der Waals surface area contributed by atoms with E-state index in [0.717, 1.165) is 17.3 Å². The molecule has 1 aliphatic carbocycles. The van der Waals surface area contributed by atoms with E-state index in [4.69, 9.17) is 9.47 Å². The van der Waals surface area contributed by atoms with Gasteiger partial charge in [0.1, 0.15) is 11.5 Å². The van der Waals surface area contributed by atoms with Crippen molar-refractivity contribution in [2.75, 3.05) is 14.2 Å². The van der Waals surface area contributed by atoms with Crippen molar-refractivity contribution in [2.45, 2.75) is 12.8 Å². The van der Waals surface area contributed by atoms with Gasteiger partial charge < -0.3 is 9.47 Å². The minimum Gasteiger partial charge on any atom is -0.496 e. The average molecular weight is 285 g/mol.